The maximum absolute atomic E-state index is 13.0. The Kier molecular flexibility index (Phi) is 5.48. The standard InChI is InChI=1S/C18H24FN3O2S/c1-18(2,3)16-11-25-17(21-16)15-10-22(6-7-24-15)9-14(23)13-5-4-12(19)8-20-13/h4-5,8,11,14-15,23H,6-7,9-10H2,1-3H3/t14-,15+/m0/s1. The normalized spacial score (nSPS) is 20.6. The summed E-state index contributed by atoms with van der Waals surface area (Å²) in [5, 5.41) is 13.4. The Morgan fingerprint density at radius 3 is 2.88 bits per heavy atom. The van der Waals surface area contributed by atoms with Gasteiger partial charge in [-0.25, -0.2) is 9.37 Å². The van der Waals surface area contributed by atoms with Crippen molar-refractivity contribution in [1.29, 1.82) is 0 Å². The molecule has 0 radical (unpaired) electrons. The summed E-state index contributed by atoms with van der Waals surface area (Å²) in [5.41, 5.74) is 1.57. The molecule has 1 saturated heterocycles. The van der Waals surface area contributed by atoms with Crippen molar-refractivity contribution >= 4 is 11.3 Å². The minimum absolute atomic E-state index is 0.0214. The highest BCUT2D eigenvalue weighted by Gasteiger charge is 2.28. The summed E-state index contributed by atoms with van der Waals surface area (Å²) in [6, 6.07) is 2.84. The van der Waals surface area contributed by atoms with Crippen LogP contribution in [0, 0.1) is 5.82 Å². The summed E-state index contributed by atoms with van der Waals surface area (Å²) in [7, 11) is 0. The molecule has 1 aliphatic heterocycles. The number of β-amino-alcohol motifs (C(OH)–C–C–N with tert-alkyl or cyclic N) is 1. The second kappa shape index (κ2) is 7.45. The number of morpholine rings is 1. The number of aromatic nitrogens is 2. The monoisotopic (exact) mass is 365 g/mol. The van der Waals surface area contributed by atoms with E-state index < -0.39 is 11.9 Å². The number of ether oxygens (including phenoxy) is 1. The summed E-state index contributed by atoms with van der Waals surface area (Å²) in [4.78, 5) is 10.8. The van der Waals surface area contributed by atoms with Crippen molar-refractivity contribution in [2.75, 3.05) is 26.2 Å². The maximum atomic E-state index is 13.0. The molecule has 2 atom stereocenters. The Labute approximate surface area is 151 Å². The van der Waals surface area contributed by atoms with Gasteiger partial charge >= 0.3 is 0 Å². The maximum Gasteiger partial charge on any atom is 0.141 e. The van der Waals surface area contributed by atoms with Crippen LogP contribution in [0.1, 0.15) is 49.4 Å². The number of nitrogens with zero attached hydrogens (tertiary/aromatic N) is 3. The van der Waals surface area contributed by atoms with Gasteiger partial charge in [-0.05, 0) is 12.1 Å². The van der Waals surface area contributed by atoms with Gasteiger partial charge in [0.05, 0.1) is 24.2 Å². The minimum Gasteiger partial charge on any atom is -0.385 e. The van der Waals surface area contributed by atoms with E-state index in [4.69, 9.17) is 9.72 Å². The number of thiazole rings is 1. The van der Waals surface area contributed by atoms with Crippen LogP contribution in [0.15, 0.2) is 23.7 Å². The molecule has 0 amide bonds. The molecule has 1 aliphatic rings. The zero-order valence-electron chi connectivity index (χ0n) is 14.8. The quantitative estimate of drug-likeness (QED) is 0.902. The highest BCUT2D eigenvalue weighted by molar-refractivity contribution is 7.09. The van der Waals surface area contributed by atoms with Gasteiger partial charge in [-0.3, -0.25) is 9.88 Å². The SMILES string of the molecule is CC(C)(C)c1csc([C@H]2CN(C[C@H](O)c3ccc(F)cn3)CCO2)n1. The Morgan fingerprint density at radius 2 is 2.24 bits per heavy atom. The predicted octanol–water partition coefficient (Wildman–Crippen LogP) is 3.08. The molecular weight excluding hydrogens is 341 g/mol. The summed E-state index contributed by atoms with van der Waals surface area (Å²) in [6.07, 6.45) is 0.300. The first-order valence-electron chi connectivity index (χ1n) is 8.42. The third kappa shape index (κ3) is 4.61. The molecule has 7 heteroatoms. The van der Waals surface area contributed by atoms with Crippen molar-refractivity contribution in [2.45, 2.75) is 38.4 Å². The Hall–Kier alpha value is -1.41. The molecule has 2 aromatic heterocycles. The molecule has 0 bridgehead atoms. The molecule has 0 unspecified atom stereocenters. The van der Waals surface area contributed by atoms with Gasteiger partial charge in [0.25, 0.3) is 0 Å². The lowest BCUT2D eigenvalue weighted by atomic mass is 9.93. The molecule has 3 heterocycles. The molecule has 0 aliphatic carbocycles. The zero-order chi connectivity index (χ0) is 18.0. The molecule has 25 heavy (non-hydrogen) atoms. The number of hydrogen-bond donors (Lipinski definition) is 1. The van der Waals surface area contributed by atoms with Crippen LogP contribution in [0.5, 0.6) is 0 Å². The summed E-state index contributed by atoms with van der Waals surface area (Å²) < 4.78 is 18.8. The van der Waals surface area contributed by atoms with Crippen molar-refractivity contribution in [2.24, 2.45) is 0 Å². The van der Waals surface area contributed by atoms with E-state index in [1.54, 1.807) is 11.3 Å². The summed E-state index contributed by atoms with van der Waals surface area (Å²) in [5.74, 6) is -0.402. The van der Waals surface area contributed by atoms with E-state index in [-0.39, 0.29) is 11.5 Å². The van der Waals surface area contributed by atoms with Crippen molar-refractivity contribution in [3.8, 4) is 0 Å². The van der Waals surface area contributed by atoms with E-state index in [2.05, 4.69) is 36.0 Å². The molecule has 136 valence electrons. The molecule has 3 rings (SSSR count). The average molecular weight is 365 g/mol. The fraction of sp³-hybridized carbons (Fsp3) is 0.556. The Bertz CT molecular complexity index is 699. The third-order valence-corrected chi connectivity index (χ3v) is 5.18. The van der Waals surface area contributed by atoms with Crippen LogP contribution in [-0.2, 0) is 10.2 Å². The van der Waals surface area contributed by atoms with Crippen LogP contribution in [0.25, 0.3) is 0 Å². The van der Waals surface area contributed by atoms with Gasteiger partial charge in [0.2, 0.25) is 0 Å². The van der Waals surface area contributed by atoms with Crippen molar-refractivity contribution < 1.29 is 14.2 Å². The molecular formula is C18H24FN3O2S. The van der Waals surface area contributed by atoms with Crippen LogP contribution < -0.4 is 0 Å². The summed E-state index contributed by atoms with van der Waals surface area (Å²) >= 11 is 1.62. The van der Waals surface area contributed by atoms with Gasteiger partial charge in [0.15, 0.2) is 0 Å². The van der Waals surface area contributed by atoms with E-state index in [0.717, 1.165) is 23.4 Å². The van der Waals surface area contributed by atoms with E-state index in [0.29, 0.717) is 25.4 Å². The van der Waals surface area contributed by atoms with Crippen molar-refractivity contribution in [3.63, 3.8) is 0 Å². The number of pyridine rings is 1. The highest BCUT2D eigenvalue weighted by Crippen LogP contribution is 2.30. The fourth-order valence-electron chi connectivity index (χ4n) is 2.72. The van der Waals surface area contributed by atoms with Crippen LogP contribution in [-0.4, -0.2) is 46.2 Å². The van der Waals surface area contributed by atoms with E-state index >= 15 is 0 Å². The van der Waals surface area contributed by atoms with Crippen LogP contribution in [0.3, 0.4) is 0 Å². The molecule has 0 spiro atoms. The number of aliphatic hydroxyl groups is 1. The molecule has 1 N–H and O–H groups in total. The third-order valence-electron chi connectivity index (χ3n) is 4.24. The topological polar surface area (TPSA) is 58.5 Å². The van der Waals surface area contributed by atoms with Gasteiger partial charge in [-0.2, -0.15) is 0 Å². The number of aliphatic hydroxyl groups excluding tert-OH is 1. The van der Waals surface area contributed by atoms with Gasteiger partial charge in [-0.1, -0.05) is 20.8 Å². The van der Waals surface area contributed by atoms with Gasteiger partial charge in [0.1, 0.15) is 23.0 Å². The molecule has 0 saturated carbocycles. The van der Waals surface area contributed by atoms with Gasteiger partial charge < -0.3 is 9.84 Å². The molecule has 0 aromatic carbocycles. The Balaban J connectivity index is 1.63. The molecule has 2 aromatic rings. The van der Waals surface area contributed by atoms with E-state index in [1.165, 1.54) is 12.1 Å². The van der Waals surface area contributed by atoms with Crippen molar-refractivity contribution in [3.05, 3.63) is 45.9 Å². The van der Waals surface area contributed by atoms with Crippen LogP contribution in [0.2, 0.25) is 0 Å². The van der Waals surface area contributed by atoms with E-state index in [9.17, 15) is 9.50 Å². The highest BCUT2D eigenvalue weighted by atomic mass is 32.1. The number of halogens is 1. The average Bonchev–Trinajstić information content (AvgIpc) is 3.06. The number of hydrogen-bond acceptors (Lipinski definition) is 6. The fourth-order valence-corrected chi connectivity index (χ4v) is 3.80. The van der Waals surface area contributed by atoms with Crippen molar-refractivity contribution in [1.82, 2.24) is 14.9 Å². The smallest absolute Gasteiger partial charge is 0.141 e. The first kappa shape index (κ1) is 18.4. The first-order chi connectivity index (χ1) is 11.8. The first-order valence-corrected chi connectivity index (χ1v) is 9.30. The van der Waals surface area contributed by atoms with Gasteiger partial charge in [0, 0.05) is 30.4 Å². The zero-order valence-corrected chi connectivity index (χ0v) is 15.6. The molecule has 1 fully saturated rings. The van der Waals surface area contributed by atoms with Crippen LogP contribution >= 0.6 is 11.3 Å². The van der Waals surface area contributed by atoms with Crippen LogP contribution in [0.4, 0.5) is 4.39 Å². The number of rotatable bonds is 4. The summed E-state index contributed by atoms with van der Waals surface area (Å²) in [6.45, 7) is 8.89. The molecule has 5 nitrogen and oxygen atoms in total. The lowest BCUT2D eigenvalue weighted by Gasteiger charge is -2.33. The minimum atomic E-state index is -0.749. The second-order valence-corrected chi connectivity index (χ2v) is 8.25. The van der Waals surface area contributed by atoms with E-state index in [1.807, 2.05) is 0 Å². The second-order valence-electron chi connectivity index (χ2n) is 7.36. The Morgan fingerprint density at radius 1 is 1.44 bits per heavy atom. The lowest BCUT2D eigenvalue weighted by molar-refractivity contribution is -0.0429. The predicted molar refractivity (Wildman–Crippen MR) is 95.1 cm³/mol. The largest absolute Gasteiger partial charge is 0.385 e. The lowest BCUT2D eigenvalue weighted by Crippen LogP contribution is -2.40. The van der Waals surface area contributed by atoms with Gasteiger partial charge in [-0.15, -0.1) is 11.3 Å².